The molecule has 6 heterocycles. The first-order chi connectivity index (χ1) is 51.1. The van der Waals surface area contributed by atoms with Crippen LogP contribution in [0, 0.1) is 17.8 Å². The van der Waals surface area contributed by atoms with Crippen molar-refractivity contribution in [2.24, 2.45) is 30.5 Å². The number of unbranched alkanes of at least 4 members (excludes halogenated alkanes) is 4. The van der Waals surface area contributed by atoms with Crippen LogP contribution in [0.15, 0.2) is 90.7 Å². The molecule has 107 heavy (non-hydrogen) atoms. The summed E-state index contributed by atoms with van der Waals surface area (Å²) in [5.41, 5.74) is 8.16. The predicted octanol–water partition coefficient (Wildman–Crippen LogP) is 6.79. The van der Waals surface area contributed by atoms with E-state index in [9.17, 15) is 72.9 Å². The molecule has 9 amide bonds. The Morgan fingerprint density at radius 3 is 1.86 bits per heavy atom. The number of aromatic nitrogens is 1. The maximum Gasteiger partial charge on any atom is 0.416 e. The number of allylic oxidation sites excluding steroid dienone is 2. The third-order valence-electron chi connectivity index (χ3n) is 20.3. The molecule has 30 heteroatoms. The van der Waals surface area contributed by atoms with Crippen molar-refractivity contribution in [1.29, 1.82) is 0 Å². The fourth-order valence-corrected chi connectivity index (χ4v) is 14.4. The number of primary amides is 1. The fraction of sp³-hybridized carbons (Fsp3) is 0.481. The molecule has 3 fully saturated rings. The van der Waals surface area contributed by atoms with Crippen molar-refractivity contribution in [3.8, 4) is 17.2 Å². The van der Waals surface area contributed by atoms with E-state index in [-0.39, 0.29) is 194 Å². The first-order valence-electron chi connectivity index (χ1n) is 35.9. The van der Waals surface area contributed by atoms with Crippen molar-refractivity contribution >= 4 is 82.3 Å². The smallest absolute Gasteiger partial charge is 0.416 e. The molecule has 3 aromatic carbocycles. The first kappa shape index (κ1) is 78.9. The number of carbonyl (C=O) groups is 12. The molecule has 7 atom stereocenters. The van der Waals surface area contributed by atoms with Gasteiger partial charge in [0.05, 0.1) is 85.9 Å². The second kappa shape index (κ2) is 34.7. The Bertz CT molecular complexity index is 4220. The molecule has 0 spiro atoms. The molecular weight excluding hydrogens is 1390 g/mol. The number of nitrogens with two attached hydrogens (primary N) is 1. The largest absolute Gasteiger partial charge is 0.493 e. The van der Waals surface area contributed by atoms with E-state index in [1.165, 1.54) is 63.8 Å². The molecule has 4 aromatic rings. The zero-order valence-corrected chi connectivity index (χ0v) is 61.0. The third kappa shape index (κ3) is 17.7. The maximum atomic E-state index is 14.5. The van der Waals surface area contributed by atoms with Gasteiger partial charge in [-0.2, -0.15) is 0 Å². The van der Waals surface area contributed by atoms with Gasteiger partial charge in [-0.25, -0.2) is 24.2 Å². The molecule has 3 saturated heterocycles. The van der Waals surface area contributed by atoms with Crippen LogP contribution in [0.5, 0.6) is 17.2 Å². The Kier molecular flexibility index (Phi) is 25.6. The van der Waals surface area contributed by atoms with Crippen molar-refractivity contribution < 1.29 is 101 Å². The number of urea groups is 1. The molecule has 0 bridgehead atoms. The summed E-state index contributed by atoms with van der Waals surface area (Å²) in [5.74, 6) is -4.50. The van der Waals surface area contributed by atoms with Crippen LogP contribution in [-0.2, 0) is 71.5 Å². The van der Waals surface area contributed by atoms with Gasteiger partial charge < -0.3 is 74.5 Å². The van der Waals surface area contributed by atoms with Crippen LogP contribution >= 0.6 is 0 Å². The monoisotopic (exact) mass is 1480 g/mol. The quantitative estimate of drug-likeness (QED) is 0.0162. The molecule has 1 aromatic heterocycles. The van der Waals surface area contributed by atoms with Gasteiger partial charge in [0, 0.05) is 94.5 Å². The number of amides is 9. The molecular formula is C77H93N9O21. The molecule has 0 radical (unpaired) electrons. The van der Waals surface area contributed by atoms with Gasteiger partial charge in [0.15, 0.2) is 35.5 Å². The molecule has 30 nitrogen and oxygen atoms in total. The number of ether oxygens (including phenoxy) is 6. The van der Waals surface area contributed by atoms with Crippen LogP contribution in [0.3, 0.4) is 0 Å². The van der Waals surface area contributed by atoms with Crippen molar-refractivity contribution in [1.82, 2.24) is 29.9 Å². The lowest BCUT2D eigenvalue weighted by molar-refractivity contribution is -0.139. The summed E-state index contributed by atoms with van der Waals surface area (Å²) in [6, 6.07) is 10.1. The zero-order valence-electron chi connectivity index (χ0n) is 61.0. The summed E-state index contributed by atoms with van der Waals surface area (Å²) in [6.45, 7) is 12.9. The highest BCUT2D eigenvalue weighted by Gasteiger charge is 2.49. The number of carbonyl (C=O) groups excluding carboxylic acids is 12. The Balaban J connectivity index is 0.758. The number of aliphatic hydroxyl groups is 3. The van der Waals surface area contributed by atoms with Crippen molar-refractivity contribution in [2.75, 3.05) is 63.4 Å². The summed E-state index contributed by atoms with van der Waals surface area (Å²) in [7, 11) is 4.19. The van der Waals surface area contributed by atoms with Gasteiger partial charge in [0.25, 0.3) is 11.8 Å². The highest BCUT2D eigenvalue weighted by atomic mass is 16.6. The highest BCUT2D eigenvalue weighted by Crippen LogP contribution is 2.44. The summed E-state index contributed by atoms with van der Waals surface area (Å²) in [4.78, 5) is 167. The SMILES string of the molecule is C=C1C[C@H]2C(O)N(C(=O)OCc3ccc(CC(=O)[C@H](CCCNC(N)=O)NC(=O)[C@@H](CC(=O)CCCCCN4C(=O)CC(C)C4=O)C(C)C)cc3)c3cc(OCCCCCOc4cc5c(cc4OC)C(=O)N4CC(=C)C[C@H]4C(O)N5C(=O)OCc4cc5c(n4C)C(=O)C=C(OC)C5=O)c(CO)cc3C(=O)N2C1. The van der Waals surface area contributed by atoms with Crippen LogP contribution in [0.2, 0.25) is 0 Å². The van der Waals surface area contributed by atoms with Crippen molar-refractivity contribution in [3.63, 3.8) is 0 Å². The van der Waals surface area contributed by atoms with Gasteiger partial charge in [-0.3, -0.25) is 48.1 Å². The summed E-state index contributed by atoms with van der Waals surface area (Å²) >= 11 is 0. The number of benzene rings is 3. The van der Waals surface area contributed by atoms with Gasteiger partial charge >= 0.3 is 18.2 Å². The number of ketones is 4. The van der Waals surface area contributed by atoms with E-state index in [2.05, 4.69) is 23.8 Å². The number of likely N-dealkylation sites (tertiary alicyclic amines) is 1. The van der Waals surface area contributed by atoms with Crippen LogP contribution in [0.25, 0.3) is 0 Å². The number of nitrogens with one attached hydrogen (secondary N) is 2. The van der Waals surface area contributed by atoms with E-state index in [1.54, 1.807) is 38.2 Å². The normalized spacial score (nSPS) is 19.5. The lowest BCUT2D eigenvalue weighted by Crippen LogP contribution is -2.50. The number of nitrogens with zero attached hydrogens (tertiary/aromatic N) is 6. The number of Topliss-reactive ketones (excluding diaryl/α,β-unsaturated/α-hetero) is 3. The van der Waals surface area contributed by atoms with E-state index in [4.69, 9.17) is 34.2 Å². The number of fused-ring (bicyclic) bond motifs is 5. The van der Waals surface area contributed by atoms with Crippen molar-refractivity contribution in [3.05, 3.63) is 136 Å². The second-order valence-electron chi connectivity index (χ2n) is 28.2. The van der Waals surface area contributed by atoms with Crippen LogP contribution in [0.4, 0.5) is 25.8 Å². The number of anilines is 2. The molecule has 10 rings (SSSR count). The Labute approximate surface area is 618 Å². The Hall–Kier alpha value is -10.7. The maximum absolute atomic E-state index is 14.5. The van der Waals surface area contributed by atoms with E-state index in [1.807, 2.05) is 13.8 Å². The number of methoxy groups -OCH3 is 2. The predicted molar refractivity (Wildman–Crippen MR) is 385 cm³/mol. The van der Waals surface area contributed by atoms with Crippen LogP contribution in [0.1, 0.15) is 168 Å². The number of hydrogen-bond acceptors (Lipinski definition) is 21. The topological polar surface area (TPSA) is 392 Å². The molecule has 3 unspecified atom stereocenters. The Morgan fingerprint density at radius 2 is 1.28 bits per heavy atom. The van der Waals surface area contributed by atoms with Gasteiger partial charge in [0.2, 0.25) is 29.3 Å². The van der Waals surface area contributed by atoms with E-state index in [0.717, 1.165) is 15.9 Å². The number of imide groups is 1. The van der Waals surface area contributed by atoms with Gasteiger partial charge in [-0.1, -0.05) is 75.8 Å². The molecule has 1 aliphatic carbocycles. The van der Waals surface area contributed by atoms with Gasteiger partial charge in [-0.05, 0) is 93.0 Å². The number of hydrogen-bond donors (Lipinski definition) is 6. The molecule has 5 aliphatic heterocycles. The number of rotatable bonds is 33. The molecule has 7 N–H and O–H groups in total. The minimum atomic E-state index is -1.63. The zero-order chi connectivity index (χ0) is 77.2. The van der Waals surface area contributed by atoms with Crippen molar-refractivity contribution in [2.45, 2.75) is 161 Å². The highest BCUT2D eigenvalue weighted by molar-refractivity contribution is 6.23. The third-order valence-corrected chi connectivity index (χ3v) is 20.3. The fourth-order valence-electron chi connectivity index (χ4n) is 14.4. The average molecular weight is 1480 g/mol. The molecule has 0 saturated carbocycles. The molecule has 6 aliphatic rings. The van der Waals surface area contributed by atoms with E-state index >= 15 is 0 Å². The lowest BCUT2D eigenvalue weighted by Gasteiger charge is -2.31. The lowest BCUT2D eigenvalue weighted by atomic mass is 9.88. The minimum absolute atomic E-state index is 0.00229. The van der Waals surface area contributed by atoms with Crippen LogP contribution < -0.4 is 40.4 Å². The summed E-state index contributed by atoms with van der Waals surface area (Å²) in [5, 5.41) is 40.1. The van der Waals surface area contributed by atoms with Gasteiger partial charge in [-0.15, -0.1) is 0 Å². The standard InChI is InChI=1S/C77H93N9O21/c1-42(2)51(32-50(88)16-11-9-12-23-82-66(91)28-45(5)70(82)94)69(93)80-55(17-15-22-79-75(78)99)60(89)29-46-18-20-47(21-19-46)40-106-76(100)85-56-34-62(48(39-87)30-52(56)71(95)83-37-43(3)26-58(83)73(85)97)104-24-13-10-14-25-105-64-35-57-53(33-63(64)102-7)72(96)84-38-44(4)27-59(84)74(98)86(57)77(101)107-41-49-31-54-67(81(49)6)61(90)36-65(103-8)68(54)92/h18-21,30-31,33-36,42,45,51,55,58-59,73-74,87,97-98H,3-4,9-17,22-29,32,37-41H2,1-2,5-8H3,(H,80,93)(H3,78,79,99)/t45?,51-,55-,58-,59-,73?,74?/m0/s1. The summed E-state index contributed by atoms with van der Waals surface area (Å²) in [6.07, 6.45) is -0.258. The average Bonchev–Trinajstić information content (AvgIpc) is 1.63. The second-order valence-corrected chi connectivity index (χ2v) is 28.2. The van der Waals surface area contributed by atoms with Crippen LogP contribution in [-0.4, -0.2) is 190 Å². The van der Waals surface area contributed by atoms with E-state index in [0.29, 0.717) is 67.3 Å². The number of aliphatic hydroxyl groups excluding tert-OH is 3. The minimum Gasteiger partial charge on any atom is -0.493 e. The van der Waals surface area contributed by atoms with Gasteiger partial charge in [0.1, 0.15) is 30.4 Å². The first-order valence-corrected chi connectivity index (χ1v) is 35.9. The van der Waals surface area contributed by atoms with E-state index < -0.39 is 97.2 Å². The summed E-state index contributed by atoms with van der Waals surface area (Å²) < 4.78 is 36.4. The molecule has 572 valence electrons. The Morgan fingerprint density at radius 1 is 0.692 bits per heavy atom.